The van der Waals surface area contributed by atoms with Gasteiger partial charge >= 0.3 is 0 Å². The molecule has 0 spiro atoms. The first-order chi connectivity index (χ1) is 12.1. The smallest absolute Gasteiger partial charge is 0.234 e. The molecule has 1 amide bonds. The summed E-state index contributed by atoms with van der Waals surface area (Å²) in [6, 6.07) is 17.7. The van der Waals surface area contributed by atoms with Gasteiger partial charge in [0.2, 0.25) is 5.91 Å². The average molecular weight is 340 g/mol. The van der Waals surface area contributed by atoms with E-state index in [9.17, 15) is 4.79 Å². The maximum Gasteiger partial charge on any atom is 0.234 e. The summed E-state index contributed by atoms with van der Waals surface area (Å²) in [7, 11) is 0. The summed E-state index contributed by atoms with van der Waals surface area (Å²) >= 11 is 0. The van der Waals surface area contributed by atoms with E-state index in [0.717, 1.165) is 29.7 Å². The second-order valence-corrected chi connectivity index (χ2v) is 6.50. The molecule has 0 aromatic heterocycles. The zero-order valence-corrected chi connectivity index (χ0v) is 15.1. The molecule has 0 aliphatic heterocycles. The fraction of sp³-hybridized carbons (Fsp3) is 0.381. The lowest BCUT2D eigenvalue weighted by molar-refractivity contribution is -0.120. The van der Waals surface area contributed by atoms with Crippen LogP contribution in [-0.4, -0.2) is 11.9 Å². The average Bonchev–Trinajstić information content (AvgIpc) is 2.64. The molecular weight excluding hydrogens is 312 g/mol. The number of primary amides is 1. The summed E-state index contributed by atoms with van der Waals surface area (Å²) in [5, 5.41) is 3.26. The lowest BCUT2D eigenvalue weighted by atomic mass is 9.99. The number of ether oxygens (including phenoxy) is 1. The highest BCUT2D eigenvalue weighted by atomic mass is 16.5. The number of benzene rings is 2. The molecule has 0 aliphatic carbocycles. The standard InChI is InChI=1S/C21H28N2O2/c1-3-16(2)13-20(21(22)24)23-14-17-9-11-19(12-10-17)25-15-18-7-5-4-6-8-18/h4-12,16,20,23H,3,13-15H2,1-2H3,(H2,22,24). The van der Waals surface area contributed by atoms with Crippen molar-refractivity contribution in [3.8, 4) is 5.75 Å². The summed E-state index contributed by atoms with van der Waals surface area (Å²) < 4.78 is 5.78. The third-order valence-corrected chi connectivity index (χ3v) is 4.40. The van der Waals surface area contributed by atoms with Gasteiger partial charge in [-0.2, -0.15) is 0 Å². The molecule has 4 heteroatoms. The Labute approximate surface area is 150 Å². The molecule has 3 N–H and O–H groups in total. The molecule has 25 heavy (non-hydrogen) atoms. The molecule has 0 saturated carbocycles. The highest BCUT2D eigenvalue weighted by Gasteiger charge is 2.17. The van der Waals surface area contributed by atoms with Gasteiger partial charge in [-0.1, -0.05) is 62.7 Å². The molecule has 2 unspecified atom stereocenters. The summed E-state index contributed by atoms with van der Waals surface area (Å²) in [5.74, 6) is 1.01. The van der Waals surface area contributed by atoms with Crippen molar-refractivity contribution < 1.29 is 9.53 Å². The number of hydrogen-bond acceptors (Lipinski definition) is 3. The zero-order valence-electron chi connectivity index (χ0n) is 15.1. The number of amides is 1. The molecule has 0 fully saturated rings. The minimum atomic E-state index is -0.289. The number of hydrogen-bond donors (Lipinski definition) is 2. The maximum atomic E-state index is 11.6. The van der Waals surface area contributed by atoms with E-state index < -0.39 is 0 Å². The van der Waals surface area contributed by atoms with E-state index in [1.54, 1.807) is 0 Å². The summed E-state index contributed by atoms with van der Waals surface area (Å²) in [6.07, 6.45) is 1.81. The molecule has 0 heterocycles. The van der Waals surface area contributed by atoms with Gasteiger partial charge in [0, 0.05) is 6.54 Å². The Morgan fingerprint density at radius 1 is 1.08 bits per heavy atom. The Morgan fingerprint density at radius 3 is 2.36 bits per heavy atom. The second kappa shape index (κ2) is 9.84. The van der Waals surface area contributed by atoms with Gasteiger partial charge in [0.25, 0.3) is 0 Å². The lowest BCUT2D eigenvalue weighted by Gasteiger charge is -2.19. The Kier molecular flexibility index (Phi) is 7.48. The van der Waals surface area contributed by atoms with Crippen molar-refractivity contribution >= 4 is 5.91 Å². The number of nitrogens with one attached hydrogen (secondary N) is 1. The first-order valence-corrected chi connectivity index (χ1v) is 8.86. The molecule has 4 nitrogen and oxygen atoms in total. The summed E-state index contributed by atoms with van der Waals surface area (Å²) in [5.41, 5.74) is 7.74. The Balaban J connectivity index is 1.83. The third-order valence-electron chi connectivity index (χ3n) is 4.40. The van der Waals surface area contributed by atoms with Gasteiger partial charge in [-0.05, 0) is 35.6 Å². The second-order valence-electron chi connectivity index (χ2n) is 6.50. The quantitative estimate of drug-likeness (QED) is 0.694. The Bertz CT molecular complexity index is 641. The lowest BCUT2D eigenvalue weighted by Crippen LogP contribution is -2.41. The fourth-order valence-corrected chi connectivity index (χ4v) is 2.55. The van der Waals surface area contributed by atoms with Crippen molar-refractivity contribution in [1.29, 1.82) is 0 Å². The van der Waals surface area contributed by atoms with Crippen molar-refractivity contribution in [2.24, 2.45) is 11.7 Å². The van der Waals surface area contributed by atoms with E-state index in [1.807, 2.05) is 54.6 Å². The van der Waals surface area contributed by atoms with Crippen LogP contribution in [-0.2, 0) is 17.9 Å². The van der Waals surface area contributed by atoms with E-state index >= 15 is 0 Å². The molecule has 2 aromatic carbocycles. The summed E-state index contributed by atoms with van der Waals surface area (Å²) in [4.78, 5) is 11.6. The normalized spacial score (nSPS) is 13.2. The molecular formula is C21H28N2O2. The van der Waals surface area contributed by atoms with E-state index in [4.69, 9.17) is 10.5 Å². The van der Waals surface area contributed by atoms with E-state index in [1.165, 1.54) is 0 Å². The van der Waals surface area contributed by atoms with Gasteiger partial charge in [0.15, 0.2) is 0 Å². The monoisotopic (exact) mass is 340 g/mol. The predicted octanol–water partition coefficient (Wildman–Crippen LogP) is 3.65. The van der Waals surface area contributed by atoms with Crippen LogP contribution in [0.15, 0.2) is 54.6 Å². The van der Waals surface area contributed by atoms with Crippen molar-refractivity contribution in [2.75, 3.05) is 0 Å². The predicted molar refractivity (Wildman–Crippen MR) is 101 cm³/mol. The number of rotatable bonds is 10. The van der Waals surface area contributed by atoms with Crippen molar-refractivity contribution in [1.82, 2.24) is 5.32 Å². The number of nitrogens with two attached hydrogens (primary N) is 1. The van der Waals surface area contributed by atoms with Gasteiger partial charge in [0.1, 0.15) is 12.4 Å². The van der Waals surface area contributed by atoms with Crippen LogP contribution >= 0.6 is 0 Å². The minimum absolute atomic E-state index is 0.288. The highest BCUT2D eigenvalue weighted by molar-refractivity contribution is 5.79. The largest absolute Gasteiger partial charge is 0.489 e. The maximum absolute atomic E-state index is 11.6. The van der Waals surface area contributed by atoms with Crippen LogP contribution in [0.5, 0.6) is 5.75 Å². The van der Waals surface area contributed by atoms with Crippen molar-refractivity contribution in [3.05, 3.63) is 65.7 Å². The van der Waals surface area contributed by atoms with Crippen LogP contribution in [0.2, 0.25) is 0 Å². The van der Waals surface area contributed by atoms with Gasteiger partial charge in [0.05, 0.1) is 6.04 Å². The molecule has 0 aliphatic rings. The Morgan fingerprint density at radius 2 is 1.76 bits per heavy atom. The highest BCUT2D eigenvalue weighted by Crippen LogP contribution is 2.15. The molecule has 2 aromatic rings. The van der Waals surface area contributed by atoms with Crippen LogP contribution in [0.25, 0.3) is 0 Å². The first kappa shape index (κ1) is 19.0. The molecule has 0 saturated heterocycles. The van der Waals surface area contributed by atoms with Crippen LogP contribution in [0.4, 0.5) is 0 Å². The molecule has 0 bridgehead atoms. The molecule has 0 radical (unpaired) electrons. The zero-order chi connectivity index (χ0) is 18.1. The topological polar surface area (TPSA) is 64.3 Å². The molecule has 134 valence electrons. The van der Waals surface area contributed by atoms with Gasteiger partial charge in [-0.25, -0.2) is 0 Å². The first-order valence-electron chi connectivity index (χ1n) is 8.86. The number of carbonyl (C=O) groups excluding carboxylic acids is 1. The van der Waals surface area contributed by atoms with Gasteiger partial charge < -0.3 is 15.8 Å². The van der Waals surface area contributed by atoms with Crippen molar-refractivity contribution in [3.63, 3.8) is 0 Å². The molecule has 2 atom stereocenters. The third kappa shape index (κ3) is 6.59. The van der Waals surface area contributed by atoms with E-state index in [2.05, 4.69) is 19.2 Å². The number of carbonyl (C=O) groups is 1. The van der Waals surface area contributed by atoms with Crippen LogP contribution in [0.3, 0.4) is 0 Å². The molecule has 2 rings (SSSR count). The van der Waals surface area contributed by atoms with Crippen LogP contribution in [0.1, 0.15) is 37.8 Å². The van der Waals surface area contributed by atoms with E-state index in [-0.39, 0.29) is 11.9 Å². The van der Waals surface area contributed by atoms with Crippen LogP contribution < -0.4 is 15.8 Å². The Hall–Kier alpha value is -2.33. The summed E-state index contributed by atoms with van der Waals surface area (Å²) in [6.45, 7) is 5.42. The van der Waals surface area contributed by atoms with Gasteiger partial charge in [-0.15, -0.1) is 0 Å². The minimum Gasteiger partial charge on any atom is -0.489 e. The fourth-order valence-electron chi connectivity index (χ4n) is 2.55. The van der Waals surface area contributed by atoms with Crippen molar-refractivity contribution in [2.45, 2.75) is 45.9 Å². The SMILES string of the molecule is CCC(C)CC(NCc1ccc(OCc2ccccc2)cc1)C(N)=O. The van der Waals surface area contributed by atoms with E-state index in [0.29, 0.717) is 19.1 Å². The van der Waals surface area contributed by atoms with Crippen LogP contribution in [0, 0.1) is 5.92 Å². The van der Waals surface area contributed by atoms with Gasteiger partial charge in [-0.3, -0.25) is 4.79 Å².